The molecule has 2 heterocycles. The first-order valence-corrected chi connectivity index (χ1v) is 6.53. The van der Waals surface area contributed by atoms with Crippen molar-refractivity contribution >= 4 is 11.5 Å². The number of anilines is 1. The summed E-state index contributed by atoms with van der Waals surface area (Å²) in [5, 5.41) is 13.8. The molecule has 1 unspecified atom stereocenters. The Morgan fingerprint density at radius 1 is 1.45 bits per heavy atom. The molecule has 0 aliphatic heterocycles. The van der Waals surface area contributed by atoms with Gasteiger partial charge in [0.15, 0.2) is 0 Å². The maximum atomic E-state index is 10.5. The highest BCUT2D eigenvalue weighted by molar-refractivity contribution is 5.40. The van der Waals surface area contributed by atoms with Gasteiger partial charge in [0.2, 0.25) is 0 Å². The van der Waals surface area contributed by atoms with E-state index in [1.165, 1.54) is 18.0 Å². The van der Waals surface area contributed by atoms with Gasteiger partial charge in [0.05, 0.1) is 4.92 Å². The zero-order chi connectivity index (χ0) is 14.5. The van der Waals surface area contributed by atoms with E-state index >= 15 is 0 Å². The van der Waals surface area contributed by atoms with E-state index in [1.807, 2.05) is 19.3 Å². The predicted molar refractivity (Wildman–Crippen MR) is 77.7 cm³/mol. The summed E-state index contributed by atoms with van der Waals surface area (Å²) in [6, 6.07) is 7.48. The van der Waals surface area contributed by atoms with E-state index in [0.717, 1.165) is 12.8 Å². The van der Waals surface area contributed by atoms with Crippen molar-refractivity contribution in [1.29, 1.82) is 0 Å². The van der Waals surface area contributed by atoms with E-state index in [-0.39, 0.29) is 11.7 Å². The molecule has 6 nitrogen and oxygen atoms in total. The van der Waals surface area contributed by atoms with Gasteiger partial charge in [-0.3, -0.25) is 10.1 Å². The topological polar surface area (TPSA) is 73.0 Å². The summed E-state index contributed by atoms with van der Waals surface area (Å²) in [6.45, 7) is 2.08. The van der Waals surface area contributed by atoms with Gasteiger partial charge in [-0.15, -0.1) is 0 Å². The normalized spacial score (nSPS) is 12.1. The highest BCUT2D eigenvalue weighted by Crippen LogP contribution is 2.14. The van der Waals surface area contributed by atoms with Crippen molar-refractivity contribution in [3.63, 3.8) is 0 Å². The van der Waals surface area contributed by atoms with Crippen molar-refractivity contribution in [2.45, 2.75) is 25.8 Å². The maximum absolute atomic E-state index is 10.5. The minimum Gasteiger partial charge on any atom is -0.368 e. The molecule has 6 heteroatoms. The van der Waals surface area contributed by atoms with E-state index < -0.39 is 4.92 Å². The number of rotatable bonds is 6. The second-order valence-corrected chi connectivity index (χ2v) is 4.85. The van der Waals surface area contributed by atoms with Gasteiger partial charge in [-0.1, -0.05) is 0 Å². The van der Waals surface area contributed by atoms with Gasteiger partial charge in [-0.25, -0.2) is 4.98 Å². The van der Waals surface area contributed by atoms with Gasteiger partial charge in [-0.05, 0) is 38.0 Å². The van der Waals surface area contributed by atoms with Gasteiger partial charge < -0.3 is 9.88 Å². The van der Waals surface area contributed by atoms with Crippen molar-refractivity contribution in [2.75, 3.05) is 5.32 Å². The van der Waals surface area contributed by atoms with Crippen LogP contribution in [-0.4, -0.2) is 20.5 Å². The molecule has 0 aromatic carbocycles. The lowest BCUT2D eigenvalue weighted by Gasteiger charge is -2.14. The Hall–Kier alpha value is -2.37. The van der Waals surface area contributed by atoms with Crippen molar-refractivity contribution in [3.05, 3.63) is 52.5 Å². The van der Waals surface area contributed by atoms with Crippen LogP contribution < -0.4 is 5.32 Å². The molecule has 0 aliphatic rings. The average molecular weight is 274 g/mol. The number of pyridine rings is 1. The Bertz CT molecular complexity index is 577. The SMILES string of the molecule is CC(CCc1cccn1C)Nc1ccc([N+](=O)[O-])cn1. The molecule has 20 heavy (non-hydrogen) atoms. The third-order valence-electron chi connectivity index (χ3n) is 3.24. The number of hydrogen-bond donors (Lipinski definition) is 1. The Kier molecular flexibility index (Phi) is 4.34. The third kappa shape index (κ3) is 3.57. The molecule has 1 N–H and O–H groups in total. The van der Waals surface area contributed by atoms with Crippen molar-refractivity contribution in [2.24, 2.45) is 7.05 Å². The summed E-state index contributed by atoms with van der Waals surface area (Å²) in [6.07, 6.45) is 5.25. The number of nitrogens with zero attached hydrogens (tertiary/aromatic N) is 3. The molecule has 2 aromatic heterocycles. The molecule has 0 fully saturated rings. The van der Waals surface area contributed by atoms with Crippen LogP contribution in [0.1, 0.15) is 19.0 Å². The van der Waals surface area contributed by atoms with Gasteiger partial charge in [-0.2, -0.15) is 0 Å². The predicted octanol–water partition coefficient (Wildman–Crippen LogP) is 2.76. The molecule has 0 aliphatic carbocycles. The summed E-state index contributed by atoms with van der Waals surface area (Å²) in [4.78, 5) is 14.1. The number of hydrogen-bond acceptors (Lipinski definition) is 4. The van der Waals surface area contributed by atoms with E-state index in [4.69, 9.17) is 0 Å². The van der Waals surface area contributed by atoms with E-state index in [9.17, 15) is 10.1 Å². The number of aromatic nitrogens is 2. The molecule has 0 amide bonds. The zero-order valence-electron chi connectivity index (χ0n) is 11.6. The first-order chi connectivity index (χ1) is 9.56. The molecule has 0 bridgehead atoms. The first kappa shape index (κ1) is 14.0. The fraction of sp³-hybridized carbons (Fsp3) is 0.357. The van der Waals surface area contributed by atoms with Crippen LogP contribution in [0.5, 0.6) is 0 Å². The molecule has 0 spiro atoms. The van der Waals surface area contributed by atoms with Crippen LogP contribution in [0.2, 0.25) is 0 Å². The van der Waals surface area contributed by atoms with E-state index in [0.29, 0.717) is 5.82 Å². The van der Waals surface area contributed by atoms with Crippen LogP contribution in [0.25, 0.3) is 0 Å². The Labute approximate surface area is 117 Å². The third-order valence-corrected chi connectivity index (χ3v) is 3.24. The minimum atomic E-state index is -0.449. The van der Waals surface area contributed by atoms with Gasteiger partial charge in [0, 0.05) is 31.0 Å². The standard InChI is InChI=1S/C14H18N4O2/c1-11(5-6-12-4-3-9-17(12)2)16-14-8-7-13(10-15-14)18(19)20/h3-4,7-11H,5-6H2,1-2H3,(H,15,16). The second-order valence-electron chi connectivity index (χ2n) is 4.85. The van der Waals surface area contributed by atoms with Gasteiger partial charge >= 0.3 is 0 Å². The molecular weight excluding hydrogens is 256 g/mol. The largest absolute Gasteiger partial charge is 0.368 e. The molecule has 1 atom stereocenters. The summed E-state index contributed by atoms with van der Waals surface area (Å²) in [5.74, 6) is 0.662. The fourth-order valence-electron chi connectivity index (χ4n) is 2.02. The van der Waals surface area contributed by atoms with Gasteiger partial charge in [0.25, 0.3) is 5.69 Å². The minimum absolute atomic E-state index is 0.00649. The molecule has 0 saturated heterocycles. The van der Waals surface area contributed by atoms with Crippen LogP contribution >= 0.6 is 0 Å². The molecule has 106 valence electrons. The molecule has 0 saturated carbocycles. The quantitative estimate of drug-likeness (QED) is 0.649. The summed E-state index contributed by atoms with van der Waals surface area (Å²) in [5.41, 5.74) is 1.29. The molecular formula is C14H18N4O2. The van der Waals surface area contributed by atoms with Crippen LogP contribution in [0.15, 0.2) is 36.7 Å². The highest BCUT2D eigenvalue weighted by atomic mass is 16.6. The molecule has 2 aromatic rings. The Morgan fingerprint density at radius 2 is 2.25 bits per heavy atom. The van der Waals surface area contributed by atoms with E-state index in [2.05, 4.69) is 27.9 Å². The summed E-state index contributed by atoms with van der Waals surface area (Å²) in [7, 11) is 2.03. The highest BCUT2D eigenvalue weighted by Gasteiger charge is 2.08. The number of nitro groups is 1. The molecule has 0 radical (unpaired) electrons. The maximum Gasteiger partial charge on any atom is 0.287 e. The fourth-order valence-corrected chi connectivity index (χ4v) is 2.02. The lowest BCUT2D eigenvalue weighted by Crippen LogP contribution is -2.17. The lowest BCUT2D eigenvalue weighted by molar-refractivity contribution is -0.385. The summed E-state index contributed by atoms with van der Waals surface area (Å²) >= 11 is 0. The second kappa shape index (κ2) is 6.18. The Morgan fingerprint density at radius 3 is 2.80 bits per heavy atom. The average Bonchev–Trinajstić information content (AvgIpc) is 2.82. The monoisotopic (exact) mass is 274 g/mol. The molecule has 2 rings (SSSR count). The Balaban J connectivity index is 1.86. The number of nitrogens with one attached hydrogen (secondary N) is 1. The van der Waals surface area contributed by atoms with E-state index in [1.54, 1.807) is 6.07 Å². The van der Waals surface area contributed by atoms with Crippen LogP contribution in [-0.2, 0) is 13.5 Å². The van der Waals surface area contributed by atoms with Crippen LogP contribution in [0, 0.1) is 10.1 Å². The van der Waals surface area contributed by atoms with Crippen molar-refractivity contribution in [3.8, 4) is 0 Å². The zero-order valence-corrected chi connectivity index (χ0v) is 11.6. The first-order valence-electron chi connectivity index (χ1n) is 6.53. The van der Waals surface area contributed by atoms with Crippen molar-refractivity contribution in [1.82, 2.24) is 9.55 Å². The van der Waals surface area contributed by atoms with Crippen LogP contribution in [0.3, 0.4) is 0 Å². The smallest absolute Gasteiger partial charge is 0.287 e. The van der Waals surface area contributed by atoms with Crippen molar-refractivity contribution < 1.29 is 4.92 Å². The van der Waals surface area contributed by atoms with Crippen LogP contribution in [0.4, 0.5) is 11.5 Å². The lowest BCUT2D eigenvalue weighted by atomic mass is 10.1. The number of aryl methyl sites for hydroxylation is 2. The summed E-state index contributed by atoms with van der Waals surface area (Å²) < 4.78 is 2.11. The van der Waals surface area contributed by atoms with Gasteiger partial charge in [0.1, 0.15) is 12.0 Å².